The number of rotatable bonds is 8. The average Bonchev–Trinajstić information content (AvgIpc) is 3.89. The van der Waals surface area contributed by atoms with E-state index in [4.69, 9.17) is 38.6 Å². The van der Waals surface area contributed by atoms with Crippen molar-refractivity contribution in [3.8, 4) is 0 Å². The summed E-state index contributed by atoms with van der Waals surface area (Å²) in [6.07, 6.45) is 4.79. The first-order valence-corrected chi connectivity index (χ1v) is 20.0. The average molecular weight is 804 g/mol. The van der Waals surface area contributed by atoms with Gasteiger partial charge in [0.15, 0.2) is 11.6 Å². The molecule has 17 heteroatoms. The highest BCUT2D eigenvalue weighted by Crippen LogP contribution is 2.25. The van der Waals surface area contributed by atoms with E-state index in [0.29, 0.717) is 11.1 Å². The van der Waals surface area contributed by atoms with E-state index in [1.165, 1.54) is 74.5 Å². The van der Waals surface area contributed by atoms with Crippen LogP contribution in [0.2, 0.25) is 10.0 Å². The number of primary sulfonamides is 2. The summed E-state index contributed by atoms with van der Waals surface area (Å²) < 4.78 is 45.9. The van der Waals surface area contributed by atoms with Gasteiger partial charge in [-0.1, -0.05) is 47.5 Å². The lowest BCUT2D eigenvalue weighted by molar-refractivity contribution is 0.0695. The number of sulfonamides is 2. The van der Waals surface area contributed by atoms with Gasteiger partial charge >= 0.3 is 5.97 Å². The molecule has 0 aliphatic carbocycles. The summed E-state index contributed by atoms with van der Waals surface area (Å²) in [5.74, 6) is -2.02. The quantitative estimate of drug-likeness (QED) is 0.179. The fraction of sp³-hybridized carbons (Fsp3) is 0.222. The van der Waals surface area contributed by atoms with E-state index in [-0.39, 0.29) is 53.8 Å². The Morgan fingerprint density at radius 1 is 0.566 bits per heavy atom. The molecule has 0 atom stereocenters. The molecular formula is C36H36Cl2N4O9S2. The second kappa shape index (κ2) is 18.0. The maximum Gasteiger partial charge on any atom is 0.335 e. The van der Waals surface area contributed by atoms with Crippen molar-refractivity contribution in [2.24, 2.45) is 10.3 Å². The maximum atomic E-state index is 12.6. The predicted molar refractivity (Wildman–Crippen MR) is 200 cm³/mol. The van der Waals surface area contributed by atoms with Gasteiger partial charge in [-0.2, -0.15) is 0 Å². The number of hydrogen-bond donors (Lipinski definition) is 4. The Balaban J connectivity index is 0.000000211. The zero-order valence-electron chi connectivity index (χ0n) is 28.1. The van der Waals surface area contributed by atoms with Gasteiger partial charge in [0.05, 0.1) is 15.6 Å². The lowest BCUT2D eigenvalue weighted by Gasteiger charge is -2.15. The third-order valence-electron chi connectivity index (χ3n) is 8.14. The number of nitrogens with two attached hydrogens (primary N) is 2. The number of aromatic carboxylic acids is 1. The first-order valence-electron chi connectivity index (χ1n) is 16.1. The Labute approximate surface area is 317 Å². The van der Waals surface area contributed by atoms with Crippen molar-refractivity contribution in [2.45, 2.75) is 35.5 Å². The number of carboxylic acid groups (broad SMARTS) is 1. The summed E-state index contributed by atoms with van der Waals surface area (Å²) in [5.41, 5.74) is 1.34. The second-order valence-corrected chi connectivity index (χ2v) is 15.8. The number of carbonyl (C=O) groups is 4. The Kier molecular flexibility index (Phi) is 14.0. The molecule has 0 spiro atoms. The predicted octanol–water partition coefficient (Wildman–Crippen LogP) is 4.74. The third-order valence-corrected chi connectivity index (χ3v) is 10.9. The Morgan fingerprint density at radius 3 is 1.26 bits per heavy atom. The van der Waals surface area contributed by atoms with Crippen LogP contribution in [0.4, 0.5) is 0 Å². The summed E-state index contributed by atoms with van der Waals surface area (Å²) >= 11 is 11.6. The fourth-order valence-corrected chi connectivity index (χ4v) is 7.46. The SMILES string of the molecule is C1CCNC1.NS(=O)(=O)c1cc(C(=O)c2ccc(C(=O)N3CCCC3)cc2)ccc1Cl.NS(=O)(=O)c1cc(C(=O)c2ccc(C(=O)O)cc2)ccc1Cl. The molecule has 4 aromatic rings. The van der Waals surface area contributed by atoms with Gasteiger partial charge < -0.3 is 15.3 Å². The van der Waals surface area contributed by atoms with Gasteiger partial charge in [0.1, 0.15) is 9.79 Å². The zero-order chi connectivity index (χ0) is 38.9. The molecule has 6 N–H and O–H groups in total. The van der Waals surface area contributed by atoms with Gasteiger partial charge in [-0.3, -0.25) is 14.4 Å². The summed E-state index contributed by atoms with van der Waals surface area (Å²) in [6, 6.07) is 19.2. The fourth-order valence-electron chi connectivity index (χ4n) is 5.31. The molecule has 13 nitrogen and oxygen atoms in total. The number of ketones is 2. The van der Waals surface area contributed by atoms with E-state index in [9.17, 15) is 36.0 Å². The number of amides is 1. The Hall–Kier alpha value is -4.48. The first-order chi connectivity index (χ1) is 25.0. The molecule has 280 valence electrons. The number of hydrogen-bond acceptors (Lipinski definition) is 9. The van der Waals surface area contributed by atoms with E-state index in [1.54, 1.807) is 29.2 Å². The van der Waals surface area contributed by atoms with Crippen LogP contribution in [0.3, 0.4) is 0 Å². The molecule has 6 rings (SSSR count). The minimum Gasteiger partial charge on any atom is -0.478 e. The Bertz CT molecular complexity index is 2210. The van der Waals surface area contributed by atoms with Crippen molar-refractivity contribution in [3.05, 3.63) is 128 Å². The van der Waals surface area contributed by atoms with Crippen molar-refractivity contribution in [2.75, 3.05) is 26.2 Å². The van der Waals surface area contributed by atoms with E-state index in [1.807, 2.05) is 0 Å². The smallest absolute Gasteiger partial charge is 0.335 e. The van der Waals surface area contributed by atoms with Gasteiger partial charge in [0, 0.05) is 40.9 Å². The van der Waals surface area contributed by atoms with Crippen molar-refractivity contribution in [1.82, 2.24) is 10.2 Å². The lowest BCUT2D eigenvalue weighted by Crippen LogP contribution is -2.27. The largest absolute Gasteiger partial charge is 0.478 e. The molecule has 0 bridgehead atoms. The standard InChI is InChI=1S/C18H17ClN2O4S.C14H10ClNO5S.C4H9N/c19-15-8-7-14(11-16(15)26(20,24)25)17(22)12-3-5-13(6-4-12)18(23)21-9-1-2-10-21;15-11-6-5-10(7-12(11)22(16,20)21)13(17)8-1-3-9(4-2-8)14(18)19;1-2-4-5-3-1/h3-8,11H,1-2,9-10H2,(H2,20,24,25);1-7H,(H,18,19)(H2,16,20,21);5H,1-4H2. The molecule has 2 heterocycles. The monoisotopic (exact) mass is 802 g/mol. The second-order valence-electron chi connectivity index (χ2n) is 12.0. The van der Waals surface area contributed by atoms with Crippen LogP contribution in [0.15, 0.2) is 94.7 Å². The number of nitrogens with zero attached hydrogens (tertiary/aromatic N) is 1. The number of likely N-dealkylation sites (tertiary alicyclic amines) is 1. The zero-order valence-corrected chi connectivity index (χ0v) is 31.3. The van der Waals surface area contributed by atoms with Crippen molar-refractivity contribution in [3.63, 3.8) is 0 Å². The van der Waals surface area contributed by atoms with E-state index in [2.05, 4.69) is 5.32 Å². The van der Waals surface area contributed by atoms with Crippen LogP contribution in [-0.4, -0.2) is 76.5 Å². The van der Waals surface area contributed by atoms with Crippen LogP contribution in [-0.2, 0) is 20.0 Å². The van der Waals surface area contributed by atoms with Gasteiger partial charge in [-0.05, 0) is 99.4 Å². The van der Waals surface area contributed by atoms with Crippen molar-refractivity contribution >= 4 is 66.7 Å². The normalized spacial score (nSPS) is 14.0. The number of carboxylic acids is 1. The van der Waals surface area contributed by atoms with Gasteiger partial charge in [0.2, 0.25) is 20.0 Å². The summed E-state index contributed by atoms with van der Waals surface area (Å²) in [5, 5.41) is 22.0. The lowest BCUT2D eigenvalue weighted by atomic mass is 10.0. The molecule has 2 aliphatic heterocycles. The van der Waals surface area contributed by atoms with Crippen molar-refractivity contribution in [1.29, 1.82) is 0 Å². The molecule has 1 amide bonds. The molecule has 0 aromatic heterocycles. The third kappa shape index (κ3) is 11.3. The van der Waals surface area contributed by atoms with Crippen molar-refractivity contribution < 1.29 is 41.1 Å². The summed E-state index contributed by atoms with van der Waals surface area (Å²) in [6.45, 7) is 4.00. The highest BCUT2D eigenvalue weighted by Gasteiger charge is 2.21. The molecule has 2 saturated heterocycles. The van der Waals surface area contributed by atoms with E-state index < -0.39 is 31.8 Å². The molecule has 2 fully saturated rings. The molecule has 0 radical (unpaired) electrons. The highest BCUT2D eigenvalue weighted by molar-refractivity contribution is 7.89. The van der Waals surface area contributed by atoms with Crippen LogP contribution in [0, 0.1) is 0 Å². The first kappa shape index (κ1) is 41.3. The van der Waals surface area contributed by atoms with Crippen LogP contribution >= 0.6 is 23.2 Å². The molecule has 0 saturated carbocycles. The topological polar surface area (TPSA) is 224 Å². The van der Waals surface area contributed by atoms with Crippen LogP contribution < -0.4 is 15.6 Å². The van der Waals surface area contributed by atoms with Gasteiger partial charge in [0.25, 0.3) is 5.91 Å². The minimum atomic E-state index is -4.05. The van der Waals surface area contributed by atoms with Crippen LogP contribution in [0.5, 0.6) is 0 Å². The molecule has 0 unspecified atom stereocenters. The van der Waals surface area contributed by atoms with E-state index in [0.717, 1.165) is 38.1 Å². The minimum absolute atomic E-state index is 0.0397. The van der Waals surface area contributed by atoms with E-state index >= 15 is 0 Å². The number of benzene rings is 4. The Morgan fingerprint density at radius 2 is 0.925 bits per heavy atom. The molecular weight excluding hydrogens is 767 g/mol. The number of nitrogens with one attached hydrogen (secondary N) is 1. The summed E-state index contributed by atoms with van der Waals surface area (Å²) in [7, 11) is -8.09. The molecule has 53 heavy (non-hydrogen) atoms. The molecule has 4 aromatic carbocycles. The van der Waals surface area contributed by atoms with Gasteiger partial charge in [-0.15, -0.1) is 0 Å². The maximum absolute atomic E-state index is 12.6. The number of carbonyl (C=O) groups excluding carboxylic acids is 3. The number of halogens is 2. The summed E-state index contributed by atoms with van der Waals surface area (Å²) in [4.78, 5) is 49.1. The highest BCUT2D eigenvalue weighted by atomic mass is 35.5. The van der Waals surface area contributed by atoms with Crippen LogP contribution in [0.25, 0.3) is 0 Å². The molecule has 2 aliphatic rings. The van der Waals surface area contributed by atoms with Gasteiger partial charge in [-0.25, -0.2) is 31.9 Å². The van der Waals surface area contributed by atoms with Crippen LogP contribution in [0.1, 0.15) is 78.2 Å².